The molecular formula is C19H21NO3. The number of carbonyl (C=O) groups excluding carboxylic acids is 1. The lowest BCUT2D eigenvalue weighted by Gasteiger charge is -2.24. The van der Waals surface area contributed by atoms with Gasteiger partial charge in [0.1, 0.15) is 11.4 Å². The van der Waals surface area contributed by atoms with Gasteiger partial charge in [-0.1, -0.05) is 36.4 Å². The van der Waals surface area contributed by atoms with Gasteiger partial charge >= 0.3 is 0 Å². The topological polar surface area (TPSA) is 58.6 Å². The molecule has 0 bridgehead atoms. The normalized spacial score (nSPS) is 19.2. The average molecular weight is 311 g/mol. The molecule has 2 aromatic carbocycles. The molecule has 0 saturated carbocycles. The minimum absolute atomic E-state index is 0.101. The van der Waals surface area contributed by atoms with E-state index in [4.69, 9.17) is 4.74 Å². The Kier molecular flexibility index (Phi) is 4.35. The number of amides is 1. The molecule has 0 radical (unpaired) electrons. The van der Waals surface area contributed by atoms with E-state index in [1.165, 1.54) is 0 Å². The van der Waals surface area contributed by atoms with Crippen molar-refractivity contribution >= 4 is 5.91 Å². The minimum Gasteiger partial charge on any atom is -0.497 e. The van der Waals surface area contributed by atoms with Gasteiger partial charge in [0.05, 0.1) is 20.1 Å². The number of rotatable bonds is 5. The van der Waals surface area contributed by atoms with Crippen molar-refractivity contribution in [3.63, 3.8) is 0 Å². The van der Waals surface area contributed by atoms with E-state index in [9.17, 15) is 9.90 Å². The predicted octanol–water partition coefficient (Wildman–Crippen LogP) is 2.19. The van der Waals surface area contributed by atoms with Crippen molar-refractivity contribution in [3.05, 3.63) is 65.2 Å². The van der Waals surface area contributed by atoms with Gasteiger partial charge in [-0.15, -0.1) is 0 Å². The fourth-order valence-electron chi connectivity index (χ4n) is 3.13. The molecule has 2 N–H and O–H groups in total. The van der Waals surface area contributed by atoms with Crippen molar-refractivity contribution in [2.75, 3.05) is 13.7 Å². The van der Waals surface area contributed by atoms with E-state index in [2.05, 4.69) is 5.32 Å². The first kappa shape index (κ1) is 15.6. The van der Waals surface area contributed by atoms with E-state index < -0.39 is 5.60 Å². The third-order valence-electron chi connectivity index (χ3n) is 4.40. The van der Waals surface area contributed by atoms with Crippen LogP contribution in [0.3, 0.4) is 0 Å². The number of aryl methyl sites for hydroxylation is 1. The SMILES string of the molecule is COc1cccc(CC(=O)NCC2(O)CCc3ccccc32)c1. The number of nitrogens with one attached hydrogen (secondary N) is 1. The maximum Gasteiger partial charge on any atom is 0.224 e. The van der Waals surface area contributed by atoms with Crippen molar-refractivity contribution < 1.29 is 14.6 Å². The molecule has 4 heteroatoms. The van der Waals surface area contributed by atoms with Crippen LogP contribution in [0, 0.1) is 0 Å². The van der Waals surface area contributed by atoms with E-state index in [-0.39, 0.29) is 18.9 Å². The summed E-state index contributed by atoms with van der Waals surface area (Å²) in [6.07, 6.45) is 1.76. The molecule has 0 aromatic heterocycles. The van der Waals surface area contributed by atoms with Crippen LogP contribution in [0.15, 0.2) is 48.5 Å². The highest BCUT2D eigenvalue weighted by atomic mass is 16.5. The second-order valence-corrected chi connectivity index (χ2v) is 5.99. The molecule has 1 atom stereocenters. The van der Waals surface area contributed by atoms with Crippen LogP contribution in [0.5, 0.6) is 5.75 Å². The highest BCUT2D eigenvalue weighted by Gasteiger charge is 2.36. The molecule has 120 valence electrons. The third kappa shape index (κ3) is 3.37. The summed E-state index contributed by atoms with van der Waals surface area (Å²) in [6, 6.07) is 15.3. The number of fused-ring (bicyclic) bond motifs is 1. The van der Waals surface area contributed by atoms with Crippen LogP contribution in [-0.4, -0.2) is 24.7 Å². The Hall–Kier alpha value is -2.33. The number of methoxy groups -OCH3 is 1. The fraction of sp³-hybridized carbons (Fsp3) is 0.316. The first-order valence-electron chi connectivity index (χ1n) is 7.81. The second kappa shape index (κ2) is 6.42. The lowest BCUT2D eigenvalue weighted by molar-refractivity contribution is -0.121. The number of hydrogen-bond acceptors (Lipinski definition) is 3. The van der Waals surface area contributed by atoms with Crippen LogP contribution in [0.4, 0.5) is 0 Å². The Morgan fingerprint density at radius 1 is 1.26 bits per heavy atom. The standard InChI is InChI=1S/C19H21NO3/c1-23-16-7-4-5-14(11-16)12-18(21)20-13-19(22)10-9-15-6-2-3-8-17(15)19/h2-8,11,22H,9-10,12-13H2,1H3,(H,20,21). The van der Waals surface area contributed by atoms with E-state index in [0.717, 1.165) is 28.9 Å². The van der Waals surface area contributed by atoms with Crippen LogP contribution in [0.2, 0.25) is 0 Å². The van der Waals surface area contributed by atoms with Gasteiger partial charge in [0.2, 0.25) is 5.91 Å². The monoisotopic (exact) mass is 311 g/mol. The lowest BCUT2D eigenvalue weighted by atomic mass is 9.96. The van der Waals surface area contributed by atoms with Crippen molar-refractivity contribution in [3.8, 4) is 5.75 Å². The quantitative estimate of drug-likeness (QED) is 0.890. The zero-order valence-electron chi connectivity index (χ0n) is 13.2. The van der Waals surface area contributed by atoms with Crippen molar-refractivity contribution in [2.45, 2.75) is 24.9 Å². The zero-order valence-corrected chi connectivity index (χ0v) is 13.2. The number of ether oxygens (including phenoxy) is 1. The van der Waals surface area contributed by atoms with Gasteiger partial charge in [-0.2, -0.15) is 0 Å². The van der Waals surface area contributed by atoms with Crippen molar-refractivity contribution in [2.24, 2.45) is 0 Å². The second-order valence-electron chi connectivity index (χ2n) is 5.99. The highest BCUT2D eigenvalue weighted by Crippen LogP contribution is 2.36. The molecule has 1 aliphatic rings. The largest absolute Gasteiger partial charge is 0.497 e. The Labute approximate surface area is 136 Å². The molecule has 1 aliphatic carbocycles. The van der Waals surface area contributed by atoms with Gasteiger partial charge in [-0.25, -0.2) is 0 Å². The maximum atomic E-state index is 12.2. The van der Waals surface area contributed by atoms with Crippen LogP contribution in [0.25, 0.3) is 0 Å². The summed E-state index contributed by atoms with van der Waals surface area (Å²) in [7, 11) is 1.60. The molecule has 23 heavy (non-hydrogen) atoms. The molecule has 4 nitrogen and oxygen atoms in total. The molecule has 3 rings (SSSR count). The van der Waals surface area contributed by atoms with E-state index in [0.29, 0.717) is 6.42 Å². The summed E-state index contributed by atoms with van der Waals surface area (Å²) < 4.78 is 5.16. The zero-order chi connectivity index (χ0) is 16.3. The lowest BCUT2D eigenvalue weighted by Crippen LogP contribution is -2.39. The van der Waals surface area contributed by atoms with E-state index in [1.54, 1.807) is 7.11 Å². The van der Waals surface area contributed by atoms with Gasteiger partial charge in [-0.3, -0.25) is 4.79 Å². The van der Waals surface area contributed by atoms with Crippen molar-refractivity contribution in [1.29, 1.82) is 0 Å². The third-order valence-corrected chi connectivity index (χ3v) is 4.40. The smallest absolute Gasteiger partial charge is 0.224 e. The number of aliphatic hydroxyl groups is 1. The summed E-state index contributed by atoms with van der Waals surface area (Å²) in [4.78, 5) is 12.2. The molecule has 0 spiro atoms. The molecule has 1 amide bonds. The van der Waals surface area contributed by atoms with Crippen LogP contribution in [-0.2, 0) is 23.2 Å². The Balaban J connectivity index is 1.61. The minimum atomic E-state index is -0.958. The van der Waals surface area contributed by atoms with Crippen molar-refractivity contribution in [1.82, 2.24) is 5.32 Å². The molecule has 0 heterocycles. The van der Waals surface area contributed by atoms with Gasteiger partial charge < -0.3 is 15.2 Å². The molecule has 0 saturated heterocycles. The van der Waals surface area contributed by atoms with Gasteiger partial charge in [-0.05, 0) is 41.7 Å². The molecule has 2 aromatic rings. The van der Waals surface area contributed by atoms with E-state index >= 15 is 0 Å². The van der Waals surface area contributed by atoms with Gasteiger partial charge in [0, 0.05) is 0 Å². The molecule has 0 aliphatic heterocycles. The fourth-order valence-corrected chi connectivity index (χ4v) is 3.13. The number of hydrogen-bond donors (Lipinski definition) is 2. The molecule has 0 fully saturated rings. The first-order valence-corrected chi connectivity index (χ1v) is 7.81. The summed E-state index contributed by atoms with van der Waals surface area (Å²) in [6.45, 7) is 0.243. The van der Waals surface area contributed by atoms with Crippen LogP contribution in [0.1, 0.15) is 23.1 Å². The molecule has 1 unspecified atom stereocenters. The highest BCUT2D eigenvalue weighted by molar-refractivity contribution is 5.78. The van der Waals surface area contributed by atoms with Crippen LogP contribution >= 0.6 is 0 Å². The Morgan fingerprint density at radius 2 is 2.09 bits per heavy atom. The summed E-state index contributed by atoms with van der Waals surface area (Å²) >= 11 is 0. The van der Waals surface area contributed by atoms with Crippen LogP contribution < -0.4 is 10.1 Å². The van der Waals surface area contributed by atoms with E-state index in [1.807, 2.05) is 48.5 Å². The average Bonchev–Trinajstić information content (AvgIpc) is 2.91. The van der Waals surface area contributed by atoms with Gasteiger partial charge in [0.25, 0.3) is 0 Å². The Bertz CT molecular complexity index is 713. The first-order chi connectivity index (χ1) is 11.1. The summed E-state index contributed by atoms with van der Waals surface area (Å²) in [5.41, 5.74) is 2.03. The summed E-state index contributed by atoms with van der Waals surface area (Å²) in [5, 5.41) is 13.7. The number of benzene rings is 2. The maximum absolute atomic E-state index is 12.2. The number of carbonyl (C=O) groups is 1. The predicted molar refractivity (Wildman–Crippen MR) is 88.4 cm³/mol. The molecular weight excluding hydrogens is 290 g/mol. The van der Waals surface area contributed by atoms with Gasteiger partial charge in [0.15, 0.2) is 0 Å². The summed E-state index contributed by atoms with van der Waals surface area (Å²) in [5.74, 6) is 0.634. The Morgan fingerprint density at radius 3 is 2.91 bits per heavy atom.